The smallest absolute Gasteiger partial charge is 0.412 e. The number of rotatable bonds is 15. The lowest BCUT2D eigenvalue weighted by molar-refractivity contribution is -0.175. The second kappa shape index (κ2) is 17.2. The molecule has 1 saturated heterocycles. The Morgan fingerprint density at radius 2 is 1.89 bits per heavy atom. The standard InChI is InChI=1S/C39H44N4O13S/c1-5-27-28-15-25(7-8-31(28)41-37-29(27)17-43-33(37)16-34(47)30(38(43)48)20-52-22(2)45)54-21-42(10-11-57(4,50)51)39(49)53-19-23-6-9-35(32(12-23)40-3)56-36-14-24(46)13-26(18-44)55-36/h6-9,12,15-16,18,24,26,36,40,46-47H,5,10-11,13-14,17,19-21H2,1-4H3. The Kier molecular flexibility index (Phi) is 12.3. The number of anilines is 1. The van der Waals surface area contributed by atoms with Gasteiger partial charge in [-0.2, -0.15) is 0 Å². The van der Waals surface area contributed by atoms with Crippen LogP contribution in [0.25, 0.3) is 22.3 Å². The van der Waals surface area contributed by atoms with E-state index in [1.165, 1.54) is 17.6 Å². The first-order valence-corrected chi connectivity index (χ1v) is 20.3. The van der Waals surface area contributed by atoms with Gasteiger partial charge in [0.05, 0.1) is 46.6 Å². The molecule has 4 aromatic rings. The molecule has 4 heterocycles. The van der Waals surface area contributed by atoms with Crippen molar-refractivity contribution in [1.29, 1.82) is 0 Å². The summed E-state index contributed by atoms with van der Waals surface area (Å²) in [4.78, 5) is 55.3. The van der Waals surface area contributed by atoms with Crippen LogP contribution >= 0.6 is 0 Å². The summed E-state index contributed by atoms with van der Waals surface area (Å²) in [5, 5.41) is 24.5. The number of benzene rings is 2. The van der Waals surface area contributed by atoms with Crippen LogP contribution in [0.2, 0.25) is 0 Å². The van der Waals surface area contributed by atoms with Gasteiger partial charge >= 0.3 is 12.1 Å². The van der Waals surface area contributed by atoms with Crippen molar-refractivity contribution in [3.8, 4) is 28.6 Å². The van der Waals surface area contributed by atoms with Crippen LogP contribution in [-0.4, -0.2) is 102 Å². The summed E-state index contributed by atoms with van der Waals surface area (Å²) in [6.45, 7) is 2.28. The number of nitrogens with one attached hydrogen (secondary N) is 1. The number of carbonyl (C=O) groups is 3. The van der Waals surface area contributed by atoms with Gasteiger partial charge in [0.2, 0.25) is 6.29 Å². The van der Waals surface area contributed by atoms with Crippen molar-refractivity contribution in [2.45, 2.75) is 71.4 Å². The number of aromatic nitrogens is 2. The highest BCUT2D eigenvalue weighted by Crippen LogP contribution is 2.38. The summed E-state index contributed by atoms with van der Waals surface area (Å²) in [6, 6.07) is 11.6. The zero-order valence-electron chi connectivity index (χ0n) is 31.8. The SMILES string of the molecule is CCc1c2c(nc3ccc(OCN(CCS(C)(=O)=O)C(=O)OCc4ccc(OC5CC(O)CC(C=O)O5)c(NC)c4)cc13)-c1cc(O)c(COC(C)=O)c(=O)n1C2. The molecule has 3 unspecified atom stereocenters. The normalized spacial score (nSPS) is 17.3. The summed E-state index contributed by atoms with van der Waals surface area (Å²) >= 11 is 0. The molecule has 304 valence electrons. The average Bonchev–Trinajstić information content (AvgIpc) is 3.53. The minimum absolute atomic E-state index is 0.0349. The van der Waals surface area contributed by atoms with E-state index in [2.05, 4.69) is 5.32 Å². The number of aromatic hydroxyl groups is 1. The van der Waals surface area contributed by atoms with Crippen molar-refractivity contribution in [2.24, 2.45) is 0 Å². The molecule has 18 heteroatoms. The van der Waals surface area contributed by atoms with E-state index in [1.54, 1.807) is 43.4 Å². The van der Waals surface area contributed by atoms with E-state index < -0.39 is 46.0 Å². The molecule has 0 bridgehead atoms. The van der Waals surface area contributed by atoms with Gasteiger partial charge in [-0.05, 0) is 47.9 Å². The number of aryl methyl sites for hydroxylation is 1. The zero-order valence-corrected chi connectivity index (χ0v) is 32.7. The third-order valence-corrected chi connectivity index (χ3v) is 10.6. The van der Waals surface area contributed by atoms with Crippen LogP contribution in [0.5, 0.6) is 17.2 Å². The van der Waals surface area contributed by atoms with Crippen molar-refractivity contribution >= 4 is 44.8 Å². The molecule has 6 rings (SSSR count). The van der Waals surface area contributed by atoms with Gasteiger partial charge in [-0.25, -0.2) is 18.2 Å². The van der Waals surface area contributed by atoms with E-state index in [1.807, 2.05) is 6.92 Å². The zero-order chi connectivity index (χ0) is 41.0. The van der Waals surface area contributed by atoms with E-state index in [-0.39, 0.29) is 62.9 Å². The first-order valence-electron chi connectivity index (χ1n) is 18.2. The molecule has 0 radical (unpaired) electrons. The number of aldehydes is 1. The number of sulfone groups is 1. The quantitative estimate of drug-likeness (QED) is 0.0785. The predicted octanol–water partition coefficient (Wildman–Crippen LogP) is 3.26. The Morgan fingerprint density at radius 1 is 1.11 bits per heavy atom. The highest BCUT2D eigenvalue weighted by molar-refractivity contribution is 7.90. The molecular formula is C39H44N4O13S. The predicted molar refractivity (Wildman–Crippen MR) is 206 cm³/mol. The maximum atomic E-state index is 13.4. The number of amides is 1. The van der Waals surface area contributed by atoms with E-state index in [4.69, 9.17) is 28.7 Å². The van der Waals surface area contributed by atoms with Gasteiger partial charge in [0.15, 0.2) is 6.73 Å². The second-order valence-electron chi connectivity index (χ2n) is 13.8. The number of aliphatic hydroxyl groups excluding tert-OH is 1. The van der Waals surface area contributed by atoms with Crippen molar-refractivity contribution in [3.05, 3.63) is 75.1 Å². The molecule has 2 aromatic heterocycles. The van der Waals surface area contributed by atoms with Gasteiger partial charge in [-0.15, -0.1) is 0 Å². The molecule has 2 aromatic carbocycles. The first-order chi connectivity index (χ1) is 27.2. The van der Waals surface area contributed by atoms with Gasteiger partial charge in [0.25, 0.3) is 5.56 Å². The monoisotopic (exact) mass is 808 g/mol. The third-order valence-electron chi connectivity index (χ3n) is 9.64. The molecule has 1 amide bonds. The molecule has 0 aliphatic carbocycles. The van der Waals surface area contributed by atoms with Crippen molar-refractivity contribution in [1.82, 2.24) is 14.5 Å². The van der Waals surface area contributed by atoms with E-state index in [0.717, 1.165) is 27.7 Å². The van der Waals surface area contributed by atoms with E-state index >= 15 is 0 Å². The first kappa shape index (κ1) is 40.9. The number of hydrogen-bond acceptors (Lipinski definition) is 15. The lowest BCUT2D eigenvalue weighted by Crippen LogP contribution is -2.39. The largest absolute Gasteiger partial charge is 0.507 e. The Bertz CT molecular complexity index is 2360. The van der Waals surface area contributed by atoms with Crippen LogP contribution in [0.4, 0.5) is 10.5 Å². The highest BCUT2D eigenvalue weighted by Gasteiger charge is 2.31. The van der Waals surface area contributed by atoms with Gasteiger partial charge in [-0.1, -0.05) is 13.0 Å². The molecular weight excluding hydrogens is 765 g/mol. The molecule has 3 atom stereocenters. The number of ether oxygens (including phenoxy) is 5. The summed E-state index contributed by atoms with van der Waals surface area (Å²) in [5.74, 6) is -0.454. The van der Waals surface area contributed by atoms with E-state index in [9.17, 15) is 37.8 Å². The van der Waals surface area contributed by atoms with Crippen molar-refractivity contribution in [3.63, 3.8) is 0 Å². The van der Waals surface area contributed by atoms with Gasteiger partial charge in [-0.3, -0.25) is 14.5 Å². The van der Waals surface area contributed by atoms with Crippen LogP contribution in [0.3, 0.4) is 0 Å². The van der Waals surface area contributed by atoms with Crippen molar-refractivity contribution in [2.75, 3.05) is 37.6 Å². The number of nitrogens with zero attached hydrogens (tertiary/aromatic N) is 3. The van der Waals surface area contributed by atoms with Crippen LogP contribution < -0.4 is 20.3 Å². The topological polar surface area (TPSA) is 222 Å². The van der Waals surface area contributed by atoms with Crippen molar-refractivity contribution < 1.29 is 56.7 Å². The third kappa shape index (κ3) is 9.46. The number of esters is 1. The van der Waals surface area contributed by atoms with E-state index in [0.29, 0.717) is 52.4 Å². The minimum Gasteiger partial charge on any atom is -0.507 e. The molecule has 3 N–H and O–H groups in total. The van der Waals surface area contributed by atoms with Gasteiger partial charge < -0.3 is 48.6 Å². The second-order valence-corrected chi connectivity index (χ2v) is 16.1. The maximum Gasteiger partial charge on any atom is 0.412 e. The molecule has 0 saturated carbocycles. The number of fused-ring (bicyclic) bond motifs is 4. The van der Waals surface area contributed by atoms with Gasteiger partial charge in [0, 0.05) is 56.6 Å². The molecule has 0 spiro atoms. The Labute approximate surface area is 328 Å². The number of aliphatic hydroxyl groups is 1. The number of carbonyl (C=O) groups excluding carboxylic acids is 3. The summed E-state index contributed by atoms with van der Waals surface area (Å²) in [6.07, 6.45) is -0.568. The highest BCUT2D eigenvalue weighted by atomic mass is 32.2. The lowest BCUT2D eigenvalue weighted by atomic mass is 9.98. The average molecular weight is 809 g/mol. The molecule has 2 aliphatic heterocycles. The maximum absolute atomic E-state index is 13.4. The summed E-state index contributed by atoms with van der Waals surface area (Å²) in [5.41, 5.74) is 3.85. The Morgan fingerprint density at radius 3 is 2.60 bits per heavy atom. The molecule has 17 nitrogen and oxygen atoms in total. The summed E-state index contributed by atoms with van der Waals surface area (Å²) < 4.78 is 53.7. The fourth-order valence-electron chi connectivity index (χ4n) is 6.76. The molecule has 2 aliphatic rings. The Balaban J connectivity index is 1.16. The van der Waals surface area contributed by atoms with Crippen LogP contribution in [-0.2, 0) is 59.8 Å². The van der Waals surface area contributed by atoms with Crippen LogP contribution in [0.1, 0.15) is 48.9 Å². The fraction of sp³-hybridized carbons (Fsp3) is 0.410. The van der Waals surface area contributed by atoms with Crippen LogP contribution in [0, 0.1) is 0 Å². The minimum atomic E-state index is -3.46. The Hall–Kier alpha value is -5.72. The number of hydrogen-bond donors (Lipinski definition) is 3. The van der Waals surface area contributed by atoms with Crippen LogP contribution in [0.15, 0.2) is 47.3 Å². The summed E-state index contributed by atoms with van der Waals surface area (Å²) in [7, 11) is -1.79. The molecule has 1 fully saturated rings. The van der Waals surface area contributed by atoms with Gasteiger partial charge in [0.1, 0.15) is 52.7 Å². The lowest BCUT2D eigenvalue weighted by Gasteiger charge is -2.31. The molecule has 57 heavy (non-hydrogen) atoms. The fourth-order valence-corrected chi connectivity index (χ4v) is 7.31. The number of pyridine rings is 2.